The third-order valence-electron chi connectivity index (χ3n) is 2.17. The molecule has 0 saturated carbocycles. The summed E-state index contributed by atoms with van der Waals surface area (Å²) in [5.41, 5.74) is 0.549. The number of rotatable bonds is 6. The molecule has 0 aromatic carbocycles. The second kappa shape index (κ2) is 6.56. The molecule has 0 fully saturated rings. The Labute approximate surface area is 94.9 Å². The van der Waals surface area contributed by atoms with Gasteiger partial charge in [-0.25, -0.2) is 4.98 Å². The van der Waals surface area contributed by atoms with Gasteiger partial charge < -0.3 is 5.32 Å². The van der Waals surface area contributed by atoms with Crippen LogP contribution in [0.5, 0.6) is 0 Å². The molecule has 3 nitrogen and oxygen atoms in total. The van der Waals surface area contributed by atoms with Gasteiger partial charge >= 0.3 is 0 Å². The van der Waals surface area contributed by atoms with Crippen LogP contribution in [0.3, 0.4) is 0 Å². The van der Waals surface area contributed by atoms with E-state index < -0.39 is 0 Å². The minimum Gasteiger partial charge on any atom is -0.351 e. The zero-order chi connectivity index (χ0) is 11.1. The molecule has 1 N–H and O–H groups in total. The minimum absolute atomic E-state index is 0.0455. The maximum atomic E-state index is 11.5. The third-order valence-corrected chi connectivity index (χ3v) is 2.94. The first-order valence-corrected chi connectivity index (χ1v) is 6.32. The van der Waals surface area contributed by atoms with Gasteiger partial charge in [-0.2, -0.15) is 0 Å². The summed E-state index contributed by atoms with van der Waals surface area (Å²) >= 11 is 1.51. The van der Waals surface area contributed by atoms with Gasteiger partial charge in [0.05, 0.1) is 5.01 Å². The Balaban J connectivity index is 2.19. The van der Waals surface area contributed by atoms with Crippen molar-refractivity contribution in [1.29, 1.82) is 0 Å². The summed E-state index contributed by atoms with van der Waals surface area (Å²) in [6.07, 6.45) is 4.71. The SMILES string of the molecule is CCCCCCNC(=O)c1csc(C)n1. The third kappa shape index (κ3) is 4.42. The number of thiazole rings is 1. The molecular formula is C11H18N2OS. The highest BCUT2D eigenvalue weighted by molar-refractivity contribution is 7.09. The number of hydrogen-bond acceptors (Lipinski definition) is 3. The molecule has 4 heteroatoms. The molecule has 0 radical (unpaired) electrons. The lowest BCUT2D eigenvalue weighted by Gasteiger charge is -2.02. The van der Waals surface area contributed by atoms with Crippen LogP contribution in [-0.4, -0.2) is 17.4 Å². The van der Waals surface area contributed by atoms with Gasteiger partial charge in [0.1, 0.15) is 5.69 Å². The molecule has 0 bridgehead atoms. The largest absolute Gasteiger partial charge is 0.351 e. The predicted molar refractivity (Wildman–Crippen MR) is 63.3 cm³/mol. The highest BCUT2D eigenvalue weighted by atomic mass is 32.1. The van der Waals surface area contributed by atoms with E-state index in [0.29, 0.717) is 5.69 Å². The predicted octanol–water partition coefficient (Wildman–Crippen LogP) is 2.76. The van der Waals surface area contributed by atoms with Gasteiger partial charge in [-0.1, -0.05) is 26.2 Å². The van der Waals surface area contributed by atoms with Crippen LogP contribution in [0.25, 0.3) is 0 Å². The fraction of sp³-hybridized carbons (Fsp3) is 0.636. The lowest BCUT2D eigenvalue weighted by Crippen LogP contribution is -2.24. The number of nitrogens with one attached hydrogen (secondary N) is 1. The quantitative estimate of drug-likeness (QED) is 0.758. The molecule has 1 aromatic heterocycles. The van der Waals surface area contributed by atoms with Crippen LogP contribution in [0, 0.1) is 6.92 Å². The average molecular weight is 226 g/mol. The maximum absolute atomic E-state index is 11.5. The molecule has 15 heavy (non-hydrogen) atoms. The van der Waals surface area contributed by atoms with Crippen molar-refractivity contribution in [3.05, 3.63) is 16.1 Å². The van der Waals surface area contributed by atoms with Crippen molar-refractivity contribution in [2.75, 3.05) is 6.54 Å². The van der Waals surface area contributed by atoms with E-state index in [0.717, 1.165) is 18.0 Å². The van der Waals surface area contributed by atoms with E-state index in [1.54, 1.807) is 5.38 Å². The van der Waals surface area contributed by atoms with Gasteiger partial charge in [-0.05, 0) is 13.3 Å². The first-order valence-electron chi connectivity index (χ1n) is 5.44. The van der Waals surface area contributed by atoms with Gasteiger partial charge in [-0.15, -0.1) is 11.3 Å². The second-order valence-electron chi connectivity index (χ2n) is 3.57. The number of aromatic nitrogens is 1. The summed E-state index contributed by atoms with van der Waals surface area (Å²) < 4.78 is 0. The van der Waals surface area contributed by atoms with Crippen LogP contribution >= 0.6 is 11.3 Å². The fourth-order valence-corrected chi connectivity index (χ4v) is 1.90. The summed E-state index contributed by atoms with van der Waals surface area (Å²) in [5.74, 6) is -0.0455. The molecule has 0 saturated heterocycles. The number of carbonyl (C=O) groups excluding carboxylic acids is 1. The van der Waals surface area contributed by atoms with Crippen LogP contribution in [0.4, 0.5) is 0 Å². The summed E-state index contributed by atoms with van der Waals surface area (Å²) in [6, 6.07) is 0. The Bertz CT molecular complexity index is 309. The fourth-order valence-electron chi connectivity index (χ4n) is 1.31. The Hall–Kier alpha value is -0.900. The van der Waals surface area contributed by atoms with Crippen LogP contribution < -0.4 is 5.32 Å². The topological polar surface area (TPSA) is 42.0 Å². The Morgan fingerprint density at radius 2 is 2.27 bits per heavy atom. The van der Waals surface area contributed by atoms with Crippen LogP contribution in [0.1, 0.15) is 48.1 Å². The lowest BCUT2D eigenvalue weighted by atomic mass is 10.2. The van der Waals surface area contributed by atoms with E-state index >= 15 is 0 Å². The Morgan fingerprint density at radius 3 is 2.87 bits per heavy atom. The van der Waals surface area contributed by atoms with E-state index in [9.17, 15) is 4.79 Å². The number of unbranched alkanes of at least 4 members (excludes halogenated alkanes) is 3. The van der Waals surface area contributed by atoms with Crippen molar-refractivity contribution < 1.29 is 4.79 Å². The molecule has 1 aromatic rings. The molecule has 0 aliphatic rings. The van der Waals surface area contributed by atoms with Gasteiger partial charge in [0.15, 0.2) is 0 Å². The molecular weight excluding hydrogens is 208 g/mol. The molecule has 0 aliphatic carbocycles. The summed E-state index contributed by atoms with van der Waals surface area (Å²) in [6.45, 7) is 4.84. The van der Waals surface area contributed by atoms with E-state index in [2.05, 4.69) is 17.2 Å². The van der Waals surface area contributed by atoms with E-state index in [4.69, 9.17) is 0 Å². The number of carbonyl (C=O) groups is 1. The summed E-state index contributed by atoms with van der Waals surface area (Å²) in [7, 11) is 0. The normalized spacial score (nSPS) is 10.3. The van der Waals surface area contributed by atoms with Gasteiger partial charge in [0, 0.05) is 11.9 Å². The second-order valence-corrected chi connectivity index (χ2v) is 4.63. The molecule has 1 amide bonds. The molecule has 0 atom stereocenters. The zero-order valence-electron chi connectivity index (χ0n) is 9.38. The van der Waals surface area contributed by atoms with Crippen molar-refractivity contribution >= 4 is 17.2 Å². The van der Waals surface area contributed by atoms with Gasteiger partial charge in [0.25, 0.3) is 5.91 Å². The standard InChI is InChI=1S/C11H18N2OS/c1-3-4-5-6-7-12-11(14)10-8-15-9(2)13-10/h8H,3-7H2,1-2H3,(H,12,14). The van der Waals surface area contributed by atoms with Crippen molar-refractivity contribution in [1.82, 2.24) is 10.3 Å². The maximum Gasteiger partial charge on any atom is 0.270 e. The Morgan fingerprint density at radius 1 is 1.47 bits per heavy atom. The van der Waals surface area contributed by atoms with Crippen LogP contribution in [0.2, 0.25) is 0 Å². The van der Waals surface area contributed by atoms with Gasteiger partial charge in [0.2, 0.25) is 0 Å². The van der Waals surface area contributed by atoms with E-state index in [1.807, 2.05) is 6.92 Å². The van der Waals surface area contributed by atoms with Crippen molar-refractivity contribution in [2.24, 2.45) is 0 Å². The number of aryl methyl sites for hydroxylation is 1. The Kier molecular flexibility index (Phi) is 5.32. The molecule has 1 rings (SSSR count). The lowest BCUT2D eigenvalue weighted by molar-refractivity contribution is 0.0948. The molecule has 1 heterocycles. The molecule has 0 spiro atoms. The highest BCUT2D eigenvalue weighted by Crippen LogP contribution is 2.07. The smallest absolute Gasteiger partial charge is 0.270 e. The first kappa shape index (κ1) is 12.2. The van der Waals surface area contributed by atoms with Crippen molar-refractivity contribution in [2.45, 2.75) is 39.5 Å². The zero-order valence-corrected chi connectivity index (χ0v) is 10.2. The average Bonchev–Trinajstić information content (AvgIpc) is 2.64. The first-order chi connectivity index (χ1) is 7.24. The summed E-state index contributed by atoms with van der Waals surface area (Å²) in [5, 5.41) is 5.61. The van der Waals surface area contributed by atoms with Crippen molar-refractivity contribution in [3.63, 3.8) is 0 Å². The van der Waals surface area contributed by atoms with E-state index in [1.165, 1.54) is 30.6 Å². The summed E-state index contributed by atoms with van der Waals surface area (Å²) in [4.78, 5) is 15.7. The van der Waals surface area contributed by atoms with Crippen molar-refractivity contribution in [3.8, 4) is 0 Å². The number of hydrogen-bond donors (Lipinski definition) is 1. The number of nitrogens with zero attached hydrogens (tertiary/aromatic N) is 1. The highest BCUT2D eigenvalue weighted by Gasteiger charge is 2.07. The minimum atomic E-state index is -0.0455. The molecule has 0 unspecified atom stereocenters. The van der Waals surface area contributed by atoms with Gasteiger partial charge in [-0.3, -0.25) is 4.79 Å². The number of amides is 1. The molecule has 84 valence electrons. The van der Waals surface area contributed by atoms with Crippen LogP contribution in [0.15, 0.2) is 5.38 Å². The monoisotopic (exact) mass is 226 g/mol. The molecule has 0 aliphatic heterocycles. The van der Waals surface area contributed by atoms with Crippen LogP contribution in [-0.2, 0) is 0 Å². The van der Waals surface area contributed by atoms with E-state index in [-0.39, 0.29) is 5.91 Å².